The minimum absolute atomic E-state index is 0.0561. The van der Waals surface area contributed by atoms with Crippen LogP contribution in [0.1, 0.15) is 0 Å². The van der Waals surface area contributed by atoms with Crippen LogP contribution in [0.2, 0.25) is 0 Å². The molecule has 29 heavy (non-hydrogen) atoms. The smallest absolute Gasteiger partial charge is 0.242 e. The van der Waals surface area contributed by atoms with Gasteiger partial charge in [-0.15, -0.1) is 0 Å². The number of hydrogen-bond acceptors (Lipinski definition) is 6. The lowest BCUT2D eigenvalue weighted by atomic mass is 10.2. The average Bonchev–Trinajstić information content (AvgIpc) is 3.17. The van der Waals surface area contributed by atoms with Gasteiger partial charge in [0.2, 0.25) is 5.91 Å². The predicted molar refractivity (Wildman–Crippen MR) is 113 cm³/mol. The number of nitrogens with zero attached hydrogens (tertiary/aromatic N) is 4. The largest absolute Gasteiger partial charge is 0.450 e. The van der Waals surface area contributed by atoms with Gasteiger partial charge in [0.05, 0.1) is 6.54 Å². The number of carbonyl (C=O) groups excluding carboxylic acids is 1. The van der Waals surface area contributed by atoms with Crippen molar-refractivity contribution in [2.24, 2.45) is 0 Å². The number of benzene rings is 2. The van der Waals surface area contributed by atoms with Gasteiger partial charge in [0, 0.05) is 37.3 Å². The second-order valence-corrected chi connectivity index (χ2v) is 7.06. The van der Waals surface area contributed by atoms with E-state index in [4.69, 9.17) is 4.42 Å². The number of amides is 1. The van der Waals surface area contributed by atoms with Crippen LogP contribution in [0, 0.1) is 0 Å². The molecule has 0 bridgehead atoms. The van der Waals surface area contributed by atoms with Gasteiger partial charge in [0.25, 0.3) is 0 Å². The molecule has 0 radical (unpaired) electrons. The van der Waals surface area contributed by atoms with Crippen LogP contribution < -0.4 is 10.2 Å². The molecule has 1 fully saturated rings. The van der Waals surface area contributed by atoms with Crippen LogP contribution in [-0.2, 0) is 4.79 Å². The number of fused-ring (bicyclic) bond motifs is 3. The summed E-state index contributed by atoms with van der Waals surface area (Å²) in [6, 6.07) is 18.0. The minimum atomic E-state index is 0.0561. The lowest BCUT2D eigenvalue weighted by molar-refractivity contribution is -0.129. The Morgan fingerprint density at radius 2 is 1.72 bits per heavy atom. The lowest BCUT2D eigenvalue weighted by Crippen LogP contribution is -2.50. The summed E-state index contributed by atoms with van der Waals surface area (Å²) >= 11 is 0. The Morgan fingerprint density at radius 3 is 2.55 bits per heavy atom. The second kappa shape index (κ2) is 7.43. The van der Waals surface area contributed by atoms with Gasteiger partial charge in [-0.3, -0.25) is 4.79 Å². The Bertz CT molecular complexity index is 1150. The normalized spacial score (nSPS) is 14.5. The number of para-hydroxylation sites is 2. The predicted octanol–water partition coefficient (Wildman–Crippen LogP) is 3.14. The number of aromatic nitrogens is 2. The third-order valence-electron chi connectivity index (χ3n) is 5.32. The van der Waals surface area contributed by atoms with Gasteiger partial charge in [-0.25, -0.2) is 9.97 Å². The maximum Gasteiger partial charge on any atom is 0.242 e. The van der Waals surface area contributed by atoms with Gasteiger partial charge in [0.15, 0.2) is 11.4 Å². The summed E-state index contributed by atoms with van der Waals surface area (Å²) in [5.41, 5.74) is 3.29. The molecule has 0 unspecified atom stereocenters. The summed E-state index contributed by atoms with van der Waals surface area (Å²) in [7, 11) is 0. The van der Waals surface area contributed by atoms with E-state index in [0.717, 1.165) is 29.6 Å². The zero-order valence-electron chi connectivity index (χ0n) is 15.9. The molecule has 2 aromatic carbocycles. The van der Waals surface area contributed by atoms with Crippen LogP contribution in [0.25, 0.3) is 22.1 Å². The Kier molecular flexibility index (Phi) is 4.48. The van der Waals surface area contributed by atoms with E-state index < -0.39 is 0 Å². The van der Waals surface area contributed by atoms with Crippen LogP contribution in [0.3, 0.4) is 0 Å². The van der Waals surface area contributed by atoms with Crippen molar-refractivity contribution in [1.29, 1.82) is 0 Å². The van der Waals surface area contributed by atoms with Crippen LogP contribution in [-0.4, -0.2) is 53.5 Å². The van der Waals surface area contributed by atoms with Crippen molar-refractivity contribution in [3.8, 4) is 0 Å². The van der Waals surface area contributed by atoms with Crippen LogP contribution >= 0.6 is 0 Å². The Labute approximate surface area is 168 Å². The van der Waals surface area contributed by atoms with Crippen LogP contribution in [0.4, 0.5) is 11.5 Å². The highest BCUT2D eigenvalue weighted by molar-refractivity contribution is 6.05. The molecule has 1 N–H and O–H groups in total. The van der Waals surface area contributed by atoms with E-state index >= 15 is 0 Å². The molecule has 4 aromatic rings. The maximum atomic E-state index is 12.7. The van der Waals surface area contributed by atoms with Crippen molar-refractivity contribution in [2.45, 2.75) is 0 Å². The second-order valence-electron chi connectivity index (χ2n) is 7.06. The number of piperazine rings is 1. The molecule has 0 saturated carbocycles. The molecule has 0 spiro atoms. The topological polar surface area (TPSA) is 74.5 Å². The number of nitrogens with one attached hydrogen (secondary N) is 1. The van der Waals surface area contributed by atoms with Crippen LogP contribution in [0.5, 0.6) is 0 Å². The molecule has 7 heteroatoms. The average molecular weight is 387 g/mol. The molecule has 1 aliphatic heterocycles. The van der Waals surface area contributed by atoms with E-state index in [2.05, 4.69) is 32.3 Å². The minimum Gasteiger partial charge on any atom is -0.450 e. The maximum absolute atomic E-state index is 12.7. The van der Waals surface area contributed by atoms with Crippen molar-refractivity contribution in [3.05, 3.63) is 60.9 Å². The fourth-order valence-electron chi connectivity index (χ4n) is 3.77. The summed E-state index contributed by atoms with van der Waals surface area (Å²) < 4.78 is 5.91. The highest BCUT2D eigenvalue weighted by Crippen LogP contribution is 2.30. The Balaban J connectivity index is 1.25. The molecule has 1 aliphatic rings. The molecule has 0 aliphatic carbocycles. The molecule has 1 amide bonds. The monoisotopic (exact) mass is 387 g/mol. The highest BCUT2D eigenvalue weighted by atomic mass is 16.3. The van der Waals surface area contributed by atoms with Crippen molar-refractivity contribution >= 4 is 39.5 Å². The van der Waals surface area contributed by atoms with Gasteiger partial charge in [-0.05, 0) is 24.3 Å². The fraction of sp³-hybridized carbons (Fsp3) is 0.227. The molecule has 1 saturated heterocycles. The fourth-order valence-corrected chi connectivity index (χ4v) is 3.77. The standard InChI is InChI=1S/C22H21N5O2/c28-19(27-12-10-26(11-13-27)16-6-2-1-3-7-16)14-23-22-21-20(24-15-25-22)17-8-4-5-9-18(17)29-21/h1-9,15H,10-14H2,(H,23,24,25). The summed E-state index contributed by atoms with van der Waals surface area (Å²) in [6.07, 6.45) is 1.50. The summed E-state index contributed by atoms with van der Waals surface area (Å²) in [5.74, 6) is 0.600. The van der Waals surface area contributed by atoms with Crippen molar-refractivity contribution < 1.29 is 9.21 Å². The molecule has 3 heterocycles. The first-order valence-corrected chi connectivity index (χ1v) is 9.73. The summed E-state index contributed by atoms with van der Waals surface area (Å²) in [6.45, 7) is 3.25. The number of rotatable bonds is 4. The molecule has 5 rings (SSSR count). The number of carbonyl (C=O) groups is 1. The molecular formula is C22H21N5O2. The zero-order chi connectivity index (χ0) is 19.6. The quantitative estimate of drug-likeness (QED) is 0.580. The number of hydrogen-bond donors (Lipinski definition) is 1. The third-order valence-corrected chi connectivity index (χ3v) is 5.32. The van der Waals surface area contributed by atoms with E-state index in [1.807, 2.05) is 47.4 Å². The molecule has 2 aromatic heterocycles. The first kappa shape index (κ1) is 17.5. The zero-order valence-corrected chi connectivity index (χ0v) is 15.9. The summed E-state index contributed by atoms with van der Waals surface area (Å²) in [5, 5.41) is 4.08. The SMILES string of the molecule is O=C(CNc1ncnc2c1oc1ccccc12)N1CCN(c2ccccc2)CC1. The third kappa shape index (κ3) is 3.35. The molecule has 0 atom stereocenters. The Hall–Kier alpha value is -3.61. The lowest BCUT2D eigenvalue weighted by Gasteiger charge is -2.36. The summed E-state index contributed by atoms with van der Waals surface area (Å²) in [4.78, 5) is 25.5. The van der Waals surface area contributed by atoms with E-state index in [0.29, 0.717) is 24.5 Å². The van der Waals surface area contributed by atoms with Crippen molar-refractivity contribution in [2.75, 3.05) is 42.9 Å². The van der Waals surface area contributed by atoms with Gasteiger partial charge < -0.3 is 19.5 Å². The van der Waals surface area contributed by atoms with Crippen LogP contribution in [0.15, 0.2) is 65.3 Å². The highest BCUT2D eigenvalue weighted by Gasteiger charge is 2.21. The number of anilines is 2. The van der Waals surface area contributed by atoms with E-state index in [9.17, 15) is 4.79 Å². The first-order valence-electron chi connectivity index (χ1n) is 9.73. The van der Waals surface area contributed by atoms with Crippen molar-refractivity contribution in [3.63, 3.8) is 0 Å². The van der Waals surface area contributed by atoms with Gasteiger partial charge in [-0.2, -0.15) is 0 Å². The van der Waals surface area contributed by atoms with Gasteiger partial charge in [0.1, 0.15) is 17.4 Å². The van der Waals surface area contributed by atoms with Crippen molar-refractivity contribution in [1.82, 2.24) is 14.9 Å². The van der Waals surface area contributed by atoms with E-state index in [1.54, 1.807) is 0 Å². The molecule has 146 valence electrons. The first-order chi connectivity index (χ1) is 14.3. The molecule has 7 nitrogen and oxygen atoms in total. The molecular weight excluding hydrogens is 366 g/mol. The van der Waals surface area contributed by atoms with E-state index in [-0.39, 0.29) is 12.5 Å². The van der Waals surface area contributed by atoms with E-state index in [1.165, 1.54) is 12.0 Å². The van der Waals surface area contributed by atoms with Gasteiger partial charge >= 0.3 is 0 Å². The van der Waals surface area contributed by atoms with Gasteiger partial charge in [-0.1, -0.05) is 30.3 Å². The Morgan fingerprint density at radius 1 is 0.966 bits per heavy atom. The number of furan rings is 1.